The number of ether oxygens (including phenoxy) is 1. The van der Waals surface area contributed by atoms with E-state index in [-0.39, 0.29) is 17.8 Å². The minimum Gasteiger partial charge on any atom is -0.444 e. The molecule has 0 spiro atoms. The number of hydrogen-bond acceptors (Lipinski definition) is 4. The number of likely N-dealkylation sites (tertiary alicyclic amines) is 1. The molecule has 1 heterocycles. The third-order valence-corrected chi connectivity index (χ3v) is 4.81. The normalized spacial score (nSPS) is 24.8. The topological polar surface area (TPSA) is 66.8 Å². The van der Waals surface area contributed by atoms with Gasteiger partial charge in [0.05, 0.1) is 6.10 Å². The van der Waals surface area contributed by atoms with Crippen molar-refractivity contribution in [3.8, 4) is 0 Å². The molecule has 5 nitrogen and oxygen atoms in total. The zero-order valence-corrected chi connectivity index (χ0v) is 14.7. The van der Waals surface area contributed by atoms with E-state index in [2.05, 4.69) is 0 Å². The summed E-state index contributed by atoms with van der Waals surface area (Å²) in [6, 6.07) is 0. The summed E-state index contributed by atoms with van der Waals surface area (Å²) in [5, 5.41) is 10.3. The molecule has 2 rings (SSSR count). The lowest BCUT2D eigenvalue weighted by Gasteiger charge is -2.34. The Labute approximate surface area is 139 Å². The van der Waals surface area contributed by atoms with Gasteiger partial charge in [-0.25, -0.2) is 4.79 Å². The molecule has 1 aliphatic carbocycles. The third kappa shape index (κ3) is 5.79. The van der Waals surface area contributed by atoms with Gasteiger partial charge in [-0.3, -0.25) is 4.79 Å². The van der Waals surface area contributed by atoms with Crippen molar-refractivity contribution in [2.24, 2.45) is 11.8 Å². The van der Waals surface area contributed by atoms with Gasteiger partial charge in [0.2, 0.25) is 0 Å². The highest BCUT2D eigenvalue weighted by atomic mass is 16.6. The molecule has 1 saturated carbocycles. The Balaban J connectivity index is 1.84. The van der Waals surface area contributed by atoms with Crippen molar-refractivity contribution in [1.29, 1.82) is 0 Å². The van der Waals surface area contributed by atoms with Crippen LogP contribution in [0.15, 0.2) is 0 Å². The molecule has 1 N–H and O–H groups in total. The molecule has 1 aliphatic heterocycles. The summed E-state index contributed by atoms with van der Waals surface area (Å²) in [7, 11) is 0. The molecular weight excluding hydrogens is 294 g/mol. The highest BCUT2D eigenvalue weighted by Crippen LogP contribution is 2.30. The molecule has 0 radical (unpaired) electrons. The molecule has 1 saturated heterocycles. The van der Waals surface area contributed by atoms with Crippen molar-refractivity contribution in [2.45, 2.75) is 77.4 Å². The minimum atomic E-state index is -0.532. The van der Waals surface area contributed by atoms with Gasteiger partial charge in [0.1, 0.15) is 11.4 Å². The van der Waals surface area contributed by atoms with Crippen LogP contribution in [0.25, 0.3) is 0 Å². The predicted molar refractivity (Wildman–Crippen MR) is 88.1 cm³/mol. The molecule has 0 aromatic carbocycles. The van der Waals surface area contributed by atoms with Gasteiger partial charge in [0.25, 0.3) is 0 Å². The number of carbonyl (C=O) groups is 2. The summed E-state index contributed by atoms with van der Waals surface area (Å²) in [5.74, 6) is 0.508. The largest absolute Gasteiger partial charge is 0.444 e. The van der Waals surface area contributed by atoms with E-state index in [0.29, 0.717) is 31.8 Å². The fourth-order valence-corrected chi connectivity index (χ4v) is 3.66. The van der Waals surface area contributed by atoms with Gasteiger partial charge in [-0.15, -0.1) is 0 Å². The van der Waals surface area contributed by atoms with Crippen LogP contribution in [0.1, 0.15) is 65.7 Å². The van der Waals surface area contributed by atoms with Crippen molar-refractivity contribution in [3.05, 3.63) is 0 Å². The highest BCUT2D eigenvalue weighted by molar-refractivity contribution is 5.84. The Kier molecular flexibility index (Phi) is 6.06. The van der Waals surface area contributed by atoms with Crippen LogP contribution in [0.3, 0.4) is 0 Å². The van der Waals surface area contributed by atoms with Crippen LogP contribution in [0, 0.1) is 11.8 Å². The lowest BCUT2D eigenvalue weighted by molar-refractivity contribution is -0.127. The van der Waals surface area contributed by atoms with Gasteiger partial charge >= 0.3 is 6.09 Å². The zero-order chi connectivity index (χ0) is 17.0. The first-order valence-corrected chi connectivity index (χ1v) is 8.93. The lowest BCUT2D eigenvalue weighted by Crippen LogP contribution is -2.46. The second-order valence-electron chi connectivity index (χ2n) is 8.12. The summed E-state index contributed by atoms with van der Waals surface area (Å²) >= 11 is 0. The fourth-order valence-electron chi connectivity index (χ4n) is 3.66. The van der Waals surface area contributed by atoms with Gasteiger partial charge in [-0.2, -0.15) is 0 Å². The van der Waals surface area contributed by atoms with E-state index in [1.807, 2.05) is 20.8 Å². The second kappa shape index (κ2) is 7.65. The average Bonchev–Trinajstić information content (AvgIpc) is 2.92. The van der Waals surface area contributed by atoms with Crippen LogP contribution in [0.4, 0.5) is 4.79 Å². The average molecular weight is 325 g/mol. The quantitative estimate of drug-likeness (QED) is 0.862. The van der Waals surface area contributed by atoms with Gasteiger partial charge < -0.3 is 14.7 Å². The molecule has 2 unspecified atom stereocenters. The smallest absolute Gasteiger partial charge is 0.410 e. The molecule has 1 amide bonds. The van der Waals surface area contributed by atoms with Gasteiger partial charge in [0.15, 0.2) is 0 Å². The Morgan fingerprint density at radius 1 is 1.30 bits per heavy atom. The number of ketones is 1. The molecule has 0 aromatic rings. The number of hydrogen-bond donors (Lipinski definition) is 1. The van der Waals surface area contributed by atoms with E-state index < -0.39 is 11.7 Å². The van der Waals surface area contributed by atoms with Gasteiger partial charge in [-0.05, 0) is 39.5 Å². The van der Waals surface area contributed by atoms with E-state index in [1.54, 1.807) is 4.90 Å². The second-order valence-corrected chi connectivity index (χ2v) is 8.12. The number of piperidine rings is 1. The van der Waals surface area contributed by atoms with E-state index in [0.717, 1.165) is 6.42 Å². The van der Waals surface area contributed by atoms with Crippen LogP contribution in [0.5, 0.6) is 0 Å². The number of nitrogens with zero attached hydrogens (tertiary/aromatic N) is 1. The Morgan fingerprint density at radius 2 is 1.96 bits per heavy atom. The Hall–Kier alpha value is -1.10. The molecular formula is C18H31NO4. The molecule has 0 aromatic heterocycles. The maximum atomic E-state index is 12.2. The molecule has 23 heavy (non-hydrogen) atoms. The van der Waals surface area contributed by atoms with Crippen molar-refractivity contribution in [2.75, 3.05) is 13.1 Å². The van der Waals surface area contributed by atoms with E-state index in [9.17, 15) is 14.7 Å². The summed E-state index contributed by atoms with van der Waals surface area (Å²) < 4.78 is 5.39. The van der Waals surface area contributed by atoms with Crippen LogP contribution in [-0.4, -0.2) is 46.7 Å². The SMILES string of the molecule is CC(C)(C)OC(=O)N1CCC(=O)C(CC(O)CC2CCCC2)C1. The summed E-state index contributed by atoms with van der Waals surface area (Å²) in [4.78, 5) is 25.9. The van der Waals surface area contributed by atoms with E-state index >= 15 is 0 Å². The molecule has 2 fully saturated rings. The number of carbonyl (C=O) groups excluding carboxylic acids is 2. The molecule has 132 valence electrons. The van der Waals surface area contributed by atoms with Crippen LogP contribution in [0.2, 0.25) is 0 Å². The van der Waals surface area contributed by atoms with Crippen molar-refractivity contribution in [3.63, 3.8) is 0 Å². The zero-order valence-electron chi connectivity index (χ0n) is 14.7. The van der Waals surface area contributed by atoms with Crippen LogP contribution in [-0.2, 0) is 9.53 Å². The standard InChI is InChI=1S/C18H31NO4/c1-18(2,3)23-17(22)19-9-8-16(21)14(12-19)11-15(20)10-13-6-4-5-7-13/h13-15,20H,4-12H2,1-3H3. The van der Waals surface area contributed by atoms with Crippen LogP contribution < -0.4 is 0 Å². The molecule has 5 heteroatoms. The lowest BCUT2D eigenvalue weighted by atomic mass is 9.88. The summed E-state index contributed by atoms with van der Waals surface area (Å²) in [6.07, 6.45) is 5.72. The first-order valence-electron chi connectivity index (χ1n) is 8.93. The van der Waals surface area contributed by atoms with Gasteiger partial charge in [-0.1, -0.05) is 25.7 Å². The maximum Gasteiger partial charge on any atom is 0.410 e. The Morgan fingerprint density at radius 3 is 2.57 bits per heavy atom. The summed E-state index contributed by atoms with van der Waals surface area (Å²) in [5.41, 5.74) is -0.532. The van der Waals surface area contributed by atoms with E-state index in [4.69, 9.17) is 4.74 Å². The minimum absolute atomic E-state index is 0.162. The Bertz CT molecular complexity index is 423. The summed E-state index contributed by atoms with van der Waals surface area (Å²) in [6.45, 7) is 6.30. The first-order chi connectivity index (χ1) is 10.7. The number of amides is 1. The first kappa shape index (κ1) is 18.2. The highest BCUT2D eigenvalue weighted by Gasteiger charge is 2.33. The van der Waals surface area contributed by atoms with Crippen molar-refractivity contribution < 1.29 is 19.4 Å². The number of Topliss-reactive ketones (excluding diaryl/α,β-unsaturated/α-hetero) is 1. The molecule has 2 atom stereocenters. The van der Waals surface area contributed by atoms with Crippen molar-refractivity contribution in [1.82, 2.24) is 4.90 Å². The monoisotopic (exact) mass is 325 g/mol. The maximum absolute atomic E-state index is 12.2. The number of aliphatic hydroxyl groups excluding tert-OH is 1. The molecule has 0 bridgehead atoms. The third-order valence-electron chi connectivity index (χ3n) is 4.81. The van der Waals surface area contributed by atoms with Crippen LogP contribution >= 0.6 is 0 Å². The molecule has 2 aliphatic rings. The number of rotatable bonds is 4. The fraction of sp³-hybridized carbons (Fsp3) is 0.889. The van der Waals surface area contributed by atoms with Crippen molar-refractivity contribution >= 4 is 11.9 Å². The predicted octanol–water partition coefficient (Wildman–Crippen LogP) is 3.14. The number of aliphatic hydroxyl groups is 1. The van der Waals surface area contributed by atoms with E-state index in [1.165, 1.54) is 25.7 Å². The van der Waals surface area contributed by atoms with Gasteiger partial charge in [0, 0.05) is 25.4 Å².